The maximum atomic E-state index is 5.67. The zero-order valence-electron chi connectivity index (χ0n) is 10.1. The number of piperidine rings is 1. The number of nitrogens with two attached hydrogens (primary N) is 1. The molecule has 0 amide bonds. The number of nitrogens with zero attached hydrogens (tertiary/aromatic N) is 1. The molecule has 94 valence electrons. The molecule has 0 radical (unpaired) electrons. The Labute approximate surface area is 98.1 Å². The van der Waals surface area contributed by atoms with E-state index in [1.54, 1.807) is 0 Å². The summed E-state index contributed by atoms with van der Waals surface area (Å²) in [4.78, 5) is 2.56. The molecule has 2 aliphatic heterocycles. The van der Waals surface area contributed by atoms with E-state index in [0.717, 1.165) is 32.0 Å². The Balaban J connectivity index is 1.60. The highest BCUT2D eigenvalue weighted by atomic mass is 16.5. The lowest BCUT2D eigenvalue weighted by molar-refractivity contribution is 0.00810. The molecule has 2 heterocycles. The van der Waals surface area contributed by atoms with Crippen molar-refractivity contribution in [1.82, 2.24) is 4.90 Å². The first kappa shape index (κ1) is 12.3. The summed E-state index contributed by atoms with van der Waals surface area (Å²) in [5.41, 5.74) is 5.43. The minimum Gasteiger partial charge on any atom is -0.381 e. The van der Waals surface area contributed by atoms with Gasteiger partial charge in [-0.25, -0.2) is 0 Å². The average molecular weight is 228 g/mol. The number of hydrogen-bond donors (Lipinski definition) is 1. The van der Waals surface area contributed by atoms with Crippen LogP contribution in [0.2, 0.25) is 0 Å². The van der Waals surface area contributed by atoms with Gasteiger partial charge in [0.2, 0.25) is 0 Å². The van der Waals surface area contributed by atoms with Crippen LogP contribution >= 0.6 is 0 Å². The zero-order valence-corrected chi connectivity index (χ0v) is 10.1. The lowest BCUT2D eigenvalue weighted by atomic mass is 10.0. The molecule has 2 saturated heterocycles. The van der Waals surface area contributed by atoms with Crippen LogP contribution in [0.4, 0.5) is 0 Å². The van der Waals surface area contributed by atoms with Crippen LogP contribution < -0.4 is 5.73 Å². The molecule has 0 bridgehead atoms. The van der Waals surface area contributed by atoms with Gasteiger partial charge in [-0.2, -0.15) is 0 Å². The van der Waals surface area contributed by atoms with Crippen molar-refractivity contribution < 1.29 is 9.47 Å². The molecule has 0 saturated carbocycles. The van der Waals surface area contributed by atoms with Crippen LogP contribution in [0.5, 0.6) is 0 Å². The number of ether oxygens (including phenoxy) is 2. The third-order valence-electron chi connectivity index (χ3n) is 3.55. The van der Waals surface area contributed by atoms with Gasteiger partial charge in [-0.15, -0.1) is 0 Å². The second-order valence-corrected chi connectivity index (χ2v) is 4.89. The standard InChI is InChI=1S/C12H24N2O2/c13-4-8-16-12-1-5-14(6-2-12)9-11-3-7-15-10-11/h11-12H,1-10,13H2. The highest BCUT2D eigenvalue weighted by Gasteiger charge is 2.23. The van der Waals surface area contributed by atoms with Crippen LogP contribution in [-0.4, -0.2) is 57.0 Å². The molecule has 0 aromatic carbocycles. The fourth-order valence-corrected chi connectivity index (χ4v) is 2.59. The molecular formula is C12H24N2O2. The van der Waals surface area contributed by atoms with Crippen molar-refractivity contribution in [1.29, 1.82) is 0 Å². The maximum Gasteiger partial charge on any atom is 0.0600 e. The Bertz CT molecular complexity index is 187. The van der Waals surface area contributed by atoms with Crippen molar-refractivity contribution >= 4 is 0 Å². The molecule has 16 heavy (non-hydrogen) atoms. The summed E-state index contributed by atoms with van der Waals surface area (Å²) >= 11 is 0. The van der Waals surface area contributed by atoms with Gasteiger partial charge in [-0.1, -0.05) is 0 Å². The summed E-state index contributed by atoms with van der Waals surface area (Å²) in [5.74, 6) is 0.765. The zero-order chi connectivity index (χ0) is 11.2. The van der Waals surface area contributed by atoms with E-state index in [-0.39, 0.29) is 0 Å². The molecule has 0 spiro atoms. The Morgan fingerprint density at radius 2 is 2.06 bits per heavy atom. The third-order valence-corrected chi connectivity index (χ3v) is 3.55. The van der Waals surface area contributed by atoms with Gasteiger partial charge in [0, 0.05) is 32.8 Å². The van der Waals surface area contributed by atoms with Gasteiger partial charge in [0.15, 0.2) is 0 Å². The monoisotopic (exact) mass is 228 g/mol. The van der Waals surface area contributed by atoms with Crippen molar-refractivity contribution in [3.05, 3.63) is 0 Å². The van der Waals surface area contributed by atoms with E-state index < -0.39 is 0 Å². The fourth-order valence-electron chi connectivity index (χ4n) is 2.59. The van der Waals surface area contributed by atoms with E-state index in [9.17, 15) is 0 Å². The Hall–Kier alpha value is -0.160. The fraction of sp³-hybridized carbons (Fsp3) is 1.00. The van der Waals surface area contributed by atoms with Crippen LogP contribution in [0.1, 0.15) is 19.3 Å². The van der Waals surface area contributed by atoms with Gasteiger partial charge in [0.25, 0.3) is 0 Å². The minimum atomic E-state index is 0.444. The molecule has 0 aromatic heterocycles. The molecule has 4 nitrogen and oxygen atoms in total. The Morgan fingerprint density at radius 1 is 1.25 bits per heavy atom. The molecule has 1 atom stereocenters. The highest BCUT2D eigenvalue weighted by molar-refractivity contribution is 4.76. The van der Waals surface area contributed by atoms with Crippen LogP contribution in [0.15, 0.2) is 0 Å². The summed E-state index contributed by atoms with van der Waals surface area (Å²) < 4.78 is 11.1. The van der Waals surface area contributed by atoms with Gasteiger partial charge in [0.1, 0.15) is 0 Å². The van der Waals surface area contributed by atoms with Gasteiger partial charge < -0.3 is 20.1 Å². The van der Waals surface area contributed by atoms with Crippen molar-refractivity contribution in [2.45, 2.75) is 25.4 Å². The minimum absolute atomic E-state index is 0.444. The molecular weight excluding hydrogens is 204 g/mol. The molecule has 0 aromatic rings. The second-order valence-electron chi connectivity index (χ2n) is 4.89. The first-order valence-corrected chi connectivity index (χ1v) is 6.50. The first-order valence-electron chi connectivity index (χ1n) is 6.50. The number of hydrogen-bond acceptors (Lipinski definition) is 4. The lowest BCUT2D eigenvalue weighted by Gasteiger charge is -2.33. The lowest BCUT2D eigenvalue weighted by Crippen LogP contribution is -2.40. The average Bonchev–Trinajstić information content (AvgIpc) is 2.81. The molecule has 2 aliphatic rings. The highest BCUT2D eigenvalue weighted by Crippen LogP contribution is 2.18. The van der Waals surface area contributed by atoms with Gasteiger partial charge in [-0.05, 0) is 25.2 Å². The van der Waals surface area contributed by atoms with E-state index in [4.69, 9.17) is 15.2 Å². The molecule has 1 unspecified atom stereocenters. The topological polar surface area (TPSA) is 47.7 Å². The summed E-state index contributed by atoms with van der Waals surface area (Å²) in [6.45, 7) is 6.83. The molecule has 4 heteroatoms. The summed E-state index contributed by atoms with van der Waals surface area (Å²) in [6.07, 6.45) is 4.00. The van der Waals surface area contributed by atoms with Gasteiger partial charge in [0.05, 0.1) is 19.3 Å². The van der Waals surface area contributed by atoms with Crippen molar-refractivity contribution in [2.24, 2.45) is 11.7 Å². The van der Waals surface area contributed by atoms with E-state index in [1.165, 1.54) is 26.1 Å². The summed E-state index contributed by atoms with van der Waals surface area (Å²) in [5, 5.41) is 0. The smallest absolute Gasteiger partial charge is 0.0600 e. The molecule has 2 rings (SSSR count). The van der Waals surface area contributed by atoms with E-state index in [2.05, 4.69) is 4.90 Å². The largest absolute Gasteiger partial charge is 0.381 e. The van der Waals surface area contributed by atoms with Crippen LogP contribution in [-0.2, 0) is 9.47 Å². The molecule has 0 aliphatic carbocycles. The summed E-state index contributed by atoms with van der Waals surface area (Å²) in [7, 11) is 0. The molecule has 2 N–H and O–H groups in total. The second kappa shape index (κ2) is 6.55. The predicted molar refractivity (Wildman–Crippen MR) is 63.4 cm³/mol. The van der Waals surface area contributed by atoms with E-state index >= 15 is 0 Å². The van der Waals surface area contributed by atoms with Crippen molar-refractivity contribution in [3.8, 4) is 0 Å². The van der Waals surface area contributed by atoms with Crippen molar-refractivity contribution in [3.63, 3.8) is 0 Å². The first-order chi connectivity index (χ1) is 7.88. The van der Waals surface area contributed by atoms with Crippen molar-refractivity contribution in [2.75, 3.05) is 46.0 Å². The van der Waals surface area contributed by atoms with Gasteiger partial charge >= 0.3 is 0 Å². The quantitative estimate of drug-likeness (QED) is 0.743. The van der Waals surface area contributed by atoms with E-state index in [0.29, 0.717) is 19.3 Å². The normalized spacial score (nSPS) is 28.7. The Kier molecular flexibility index (Phi) is 5.03. The van der Waals surface area contributed by atoms with Crippen LogP contribution in [0.25, 0.3) is 0 Å². The number of likely N-dealkylation sites (tertiary alicyclic amines) is 1. The van der Waals surface area contributed by atoms with E-state index in [1.807, 2.05) is 0 Å². The SMILES string of the molecule is NCCOC1CCN(CC2CCOC2)CC1. The predicted octanol–water partition coefficient (Wildman–Crippen LogP) is 0.463. The maximum absolute atomic E-state index is 5.67. The summed E-state index contributed by atoms with van der Waals surface area (Å²) in [6, 6.07) is 0. The van der Waals surface area contributed by atoms with Crippen LogP contribution in [0.3, 0.4) is 0 Å². The van der Waals surface area contributed by atoms with Gasteiger partial charge in [-0.3, -0.25) is 0 Å². The Morgan fingerprint density at radius 3 is 2.69 bits per heavy atom. The molecule has 2 fully saturated rings. The third kappa shape index (κ3) is 3.70. The number of rotatable bonds is 5. The van der Waals surface area contributed by atoms with Crippen LogP contribution in [0, 0.1) is 5.92 Å².